The fraction of sp³-hybridized carbons (Fsp3) is 0.417. The van der Waals surface area contributed by atoms with Crippen LogP contribution in [0.15, 0.2) is 36.7 Å². The standard InChI is InChI=1S/C24H25ClF3N5O3/c1-2-3-10-36-23(35)32-8-6-31(7-9-32)22(34)16-4-5-18-19(25)12-20(30-21(18)11-16)17-13-29-33(14-17)15-24(26,27)28/h4-5,11-14H,2-3,6-10,15H2,1H3. The highest BCUT2D eigenvalue weighted by Gasteiger charge is 2.29. The lowest BCUT2D eigenvalue weighted by atomic mass is 10.1. The molecule has 1 saturated heterocycles. The van der Waals surface area contributed by atoms with E-state index in [1.54, 1.807) is 34.1 Å². The summed E-state index contributed by atoms with van der Waals surface area (Å²) < 4.78 is 44.0. The van der Waals surface area contributed by atoms with Gasteiger partial charge >= 0.3 is 12.3 Å². The molecule has 0 spiro atoms. The first kappa shape index (κ1) is 25.7. The summed E-state index contributed by atoms with van der Waals surface area (Å²) in [5.74, 6) is -0.211. The Bertz CT molecular complexity index is 1260. The van der Waals surface area contributed by atoms with Crippen LogP contribution in [0.5, 0.6) is 0 Å². The first-order valence-electron chi connectivity index (χ1n) is 11.6. The summed E-state index contributed by atoms with van der Waals surface area (Å²) in [6, 6.07) is 6.51. The van der Waals surface area contributed by atoms with Crippen molar-refractivity contribution < 1.29 is 27.5 Å². The zero-order valence-corrected chi connectivity index (χ0v) is 20.3. The molecule has 0 bridgehead atoms. The van der Waals surface area contributed by atoms with Gasteiger partial charge in [-0.15, -0.1) is 0 Å². The molecule has 2 amide bonds. The van der Waals surface area contributed by atoms with Gasteiger partial charge < -0.3 is 14.5 Å². The maximum absolute atomic E-state index is 13.1. The molecule has 3 aromatic rings. The Morgan fingerprint density at radius 1 is 1.11 bits per heavy atom. The highest BCUT2D eigenvalue weighted by atomic mass is 35.5. The minimum absolute atomic E-state index is 0.211. The molecule has 1 aliphatic heterocycles. The molecule has 0 N–H and O–H groups in total. The molecule has 192 valence electrons. The minimum atomic E-state index is -4.39. The third-order valence-corrected chi connectivity index (χ3v) is 6.14. The third-order valence-electron chi connectivity index (χ3n) is 5.83. The number of fused-ring (bicyclic) bond motifs is 1. The minimum Gasteiger partial charge on any atom is -0.449 e. The Balaban J connectivity index is 1.48. The average Bonchev–Trinajstić information content (AvgIpc) is 3.30. The van der Waals surface area contributed by atoms with Gasteiger partial charge in [0, 0.05) is 48.9 Å². The van der Waals surface area contributed by atoms with Gasteiger partial charge in [0.2, 0.25) is 0 Å². The first-order chi connectivity index (χ1) is 17.1. The zero-order chi connectivity index (χ0) is 25.9. The maximum Gasteiger partial charge on any atom is 0.409 e. The van der Waals surface area contributed by atoms with Gasteiger partial charge in [-0.2, -0.15) is 18.3 Å². The molecule has 0 unspecified atom stereocenters. The fourth-order valence-corrected chi connectivity index (χ4v) is 4.17. The molecular weight excluding hydrogens is 499 g/mol. The van der Waals surface area contributed by atoms with Crippen molar-refractivity contribution in [1.29, 1.82) is 0 Å². The van der Waals surface area contributed by atoms with Crippen molar-refractivity contribution in [2.24, 2.45) is 0 Å². The number of alkyl halides is 3. The second-order valence-electron chi connectivity index (χ2n) is 8.51. The van der Waals surface area contributed by atoms with Crippen LogP contribution >= 0.6 is 11.6 Å². The van der Waals surface area contributed by atoms with Crippen LogP contribution in [0.25, 0.3) is 22.2 Å². The van der Waals surface area contributed by atoms with Gasteiger partial charge in [-0.3, -0.25) is 9.48 Å². The van der Waals surface area contributed by atoms with E-state index < -0.39 is 12.7 Å². The molecular formula is C24H25ClF3N5O3. The summed E-state index contributed by atoms with van der Waals surface area (Å²) in [6.07, 6.45) is -0.482. The molecule has 1 aliphatic rings. The summed E-state index contributed by atoms with van der Waals surface area (Å²) in [7, 11) is 0. The van der Waals surface area contributed by atoms with Crippen LogP contribution in [0.2, 0.25) is 5.02 Å². The Labute approximate surface area is 210 Å². The maximum atomic E-state index is 13.1. The van der Waals surface area contributed by atoms with Crippen molar-refractivity contribution in [2.45, 2.75) is 32.5 Å². The number of piperazine rings is 1. The highest BCUT2D eigenvalue weighted by Crippen LogP contribution is 2.29. The quantitative estimate of drug-likeness (QED) is 0.424. The Hall–Kier alpha value is -3.34. The molecule has 12 heteroatoms. The van der Waals surface area contributed by atoms with Gasteiger partial charge in [0.05, 0.1) is 29.0 Å². The molecule has 4 rings (SSSR count). The summed E-state index contributed by atoms with van der Waals surface area (Å²) in [5.41, 5.74) is 1.56. The number of halogens is 4. The SMILES string of the molecule is CCCCOC(=O)N1CCN(C(=O)c2ccc3c(Cl)cc(-c4cnn(CC(F)(F)F)c4)nc3c2)CC1. The van der Waals surface area contributed by atoms with Crippen LogP contribution in [0, 0.1) is 0 Å². The van der Waals surface area contributed by atoms with Crippen LogP contribution in [-0.4, -0.2) is 75.5 Å². The third kappa shape index (κ3) is 6.07. The Kier molecular flexibility index (Phi) is 7.67. The number of amides is 2. The number of pyridine rings is 1. The monoisotopic (exact) mass is 523 g/mol. The lowest BCUT2D eigenvalue weighted by molar-refractivity contribution is -0.142. The van der Waals surface area contributed by atoms with Crippen molar-refractivity contribution in [3.63, 3.8) is 0 Å². The van der Waals surface area contributed by atoms with Crippen molar-refractivity contribution >= 4 is 34.5 Å². The molecule has 0 aliphatic carbocycles. The number of hydrogen-bond acceptors (Lipinski definition) is 5. The number of ether oxygens (including phenoxy) is 1. The first-order valence-corrected chi connectivity index (χ1v) is 11.9. The Morgan fingerprint density at radius 2 is 1.83 bits per heavy atom. The van der Waals surface area contributed by atoms with Crippen LogP contribution in [0.4, 0.5) is 18.0 Å². The normalized spacial score (nSPS) is 14.4. The lowest BCUT2D eigenvalue weighted by Gasteiger charge is -2.34. The van der Waals surface area contributed by atoms with Gasteiger partial charge in [0.25, 0.3) is 5.91 Å². The predicted molar refractivity (Wildman–Crippen MR) is 128 cm³/mol. The predicted octanol–water partition coefficient (Wildman–Crippen LogP) is 5.01. The topological polar surface area (TPSA) is 80.6 Å². The number of benzene rings is 1. The zero-order valence-electron chi connectivity index (χ0n) is 19.6. The number of hydrogen-bond donors (Lipinski definition) is 0. The smallest absolute Gasteiger partial charge is 0.409 e. The van der Waals surface area contributed by atoms with E-state index in [1.165, 1.54) is 12.4 Å². The Morgan fingerprint density at radius 3 is 2.53 bits per heavy atom. The molecule has 8 nitrogen and oxygen atoms in total. The van der Waals surface area contributed by atoms with E-state index in [-0.39, 0.29) is 12.0 Å². The number of carbonyl (C=O) groups excluding carboxylic acids is 2. The van der Waals surface area contributed by atoms with Crippen molar-refractivity contribution in [3.8, 4) is 11.3 Å². The molecule has 1 aromatic carbocycles. The largest absolute Gasteiger partial charge is 0.449 e. The van der Waals surface area contributed by atoms with E-state index in [9.17, 15) is 22.8 Å². The van der Waals surface area contributed by atoms with Crippen molar-refractivity contribution in [3.05, 3.63) is 47.2 Å². The van der Waals surface area contributed by atoms with Crippen LogP contribution in [-0.2, 0) is 11.3 Å². The number of rotatable bonds is 6. The molecule has 1 fully saturated rings. The molecule has 36 heavy (non-hydrogen) atoms. The van der Waals surface area contributed by atoms with Gasteiger partial charge in [-0.1, -0.05) is 31.0 Å². The van der Waals surface area contributed by atoms with E-state index in [4.69, 9.17) is 16.3 Å². The second-order valence-corrected chi connectivity index (χ2v) is 8.92. The van der Waals surface area contributed by atoms with Gasteiger partial charge in [-0.25, -0.2) is 9.78 Å². The van der Waals surface area contributed by atoms with E-state index in [0.29, 0.717) is 65.5 Å². The van der Waals surface area contributed by atoms with E-state index in [0.717, 1.165) is 17.5 Å². The van der Waals surface area contributed by atoms with E-state index in [1.807, 2.05) is 6.92 Å². The summed E-state index contributed by atoms with van der Waals surface area (Å²) in [6.45, 7) is 2.67. The van der Waals surface area contributed by atoms with Crippen LogP contribution < -0.4 is 0 Å². The molecule has 0 saturated carbocycles. The van der Waals surface area contributed by atoms with Gasteiger partial charge in [0.1, 0.15) is 6.54 Å². The lowest BCUT2D eigenvalue weighted by Crippen LogP contribution is -2.50. The molecule has 0 atom stereocenters. The second kappa shape index (κ2) is 10.7. The van der Waals surface area contributed by atoms with Crippen LogP contribution in [0.1, 0.15) is 30.1 Å². The molecule has 3 heterocycles. The number of nitrogens with zero attached hydrogens (tertiary/aromatic N) is 5. The van der Waals surface area contributed by atoms with Gasteiger partial charge in [0.15, 0.2) is 0 Å². The molecule has 2 aromatic heterocycles. The van der Waals surface area contributed by atoms with Gasteiger partial charge in [-0.05, 0) is 24.6 Å². The summed E-state index contributed by atoms with van der Waals surface area (Å²) in [4.78, 5) is 33.0. The summed E-state index contributed by atoms with van der Waals surface area (Å²) >= 11 is 6.41. The number of unbranched alkanes of at least 4 members (excludes halogenated alkanes) is 1. The van der Waals surface area contributed by atoms with Crippen molar-refractivity contribution in [1.82, 2.24) is 24.6 Å². The van der Waals surface area contributed by atoms with Crippen LogP contribution in [0.3, 0.4) is 0 Å². The summed E-state index contributed by atoms with van der Waals surface area (Å²) in [5, 5.41) is 4.71. The average molecular weight is 524 g/mol. The van der Waals surface area contributed by atoms with E-state index in [2.05, 4.69) is 10.1 Å². The highest BCUT2D eigenvalue weighted by molar-refractivity contribution is 6.35. The molecule has 0 radical (unpaired) electrons. The van der Waals surface area contributed by atoms with Crippen molar-refractivity contribution in [2.75, 3.05) is 32.8 Å². The number of aromatic nitrogens is 3. The number of carbonyl (C=O) groups is 2. The fourth-order valence-electron chi connectivity index (χ4n) is 3.90. The van der Waals surface area contributed by atoms with E-state index >= 15 is 0 Å².